The Morgan fingerprint density at radius 3 is 2.15 bits per heavy atom. The van der Waals surface area contributed by atoms with Crippen LogP contribution >= 0.6 is 0 Å². The highest BCUT2D eigenvalue weighted by atomic mass is 16.4. The van der Waals surface area contributed by atoms with Gasteiger partial charge in [-0.2, -0.15) is 0 Å². The summed E-state index contributed by atoms with van der Waals surface area (Å²) in [6, 6.07) is 0. The summed E-state index contributed by atoms with van der Waals surface area (Å²) in [4.78, 5) is 10.3. The highest BCUT2D eigenvalue weighted by Crippen LogP contribution is 2.07. The van der Waals surface area contributed by atoms with Crippen LogP contribution in [0.5, 0.6) is 0 Å². The molecule has 0 saturated heterocycles. The van der Waals surface area contributed by atoms with Crippen molar-refractivity contribution in [1.82, 2.24) is 0 Å². The van der Waals surface area contributed by atoms with Crippen molar-refractivity contribution in [2.45, 2.75) is 39.0 Å². The van der Waals surface area contributed by atoms with Gasteiger partial charge in [0.25, 0.3) is 0 Å². The number of rotatable bonds is 6. The summed E-state index contributed by atoms with van der Waals surface area (Å²) in [5, 5.41) is 8.44. The van der Waals surface area contributed by atoms with Crippen LogP contribution in [0.25, 0.3) is 0 Å². The van der Waals surface area contributed by atoms with Gasteiger partial charge in [0.2, 0.25) is 0 Å². The molecule has 0 aromatic rings. The van der Waals surface area contributed by atoms with Crippen molar-refractivity contribution >= 4 is 5.97 Å². The molecule has 2 nitrogen and oxygen atoms in total. The number of hydrogen-bond donors (Lipinski definition) is 1. The van der Waals surface area contributed by atoms with Gasteiger partial charge in [-0.1, -0.05) is 32.8 Å². The number of aliphatic carboxylic acids is 1. The van der Waals surface area contributed by atoms with E-state index in [1.54, 1.807) is 0 Å². The van der Waals surface area contributed by atoms with Gasteiger partial charge >= 0.3 is 5.97 Å². The first-order valence-corrected chi connectivity index (χ1v) is 4.59. The highest BCUT2D eigenvalue weighted by molar-refractivity contribution is 5.85. The Balaban J connectivity index is 0. The molecule has 0 unspecified atom stereocenters. The summed E-state index contributed by atoms with van der Waals surface area (Å²) in [5.74, 6) is -0.860. The van der Waals surface area contributed by atoms with Crippen molar-refractivity contribution in [1.29, 1.82) is 0 Å². The second-order valence-electron chi connectivity index (χ2n) is 2.72. The van der Waals surface area contributed by atoms with Crippen LogP contribution in [0.2, 0.25) is 0 Å². The summed E-state index contributed by atoms with van der Waals surface area (Å²) in [5.41, 5.74) is 0.334. The summed E-state index contributed by atoms with van der Waals surface area (Å²) in [6.45, 7) is 11.6. The molecule has 0 fully saturated rings. The molecule has 1 N–H and O–H groups in total. The van der Waals surface area contributed by atoms with Crippen LogP contribution < -0.4 is 0 Å². The predicted molar refractivity (Wildman–Crippen MR) is 56.8 cm³/mol. The summed E-state index contributed by atoms with van der Waals surface area (Å²) >= 11 is 0. The quantitative estimate of drug-likeness (QED) is 0.390. The minimum absolute atomic E-state index is 0.334. The van der Waals surface area contributed by atoms with E-state index in [-0.39, 0.29) is 0 Å². The van der Waals surface area contributed by atoms with Crippen LogP contribution in [0.1, 0.15) is 39.0 Å². The fraction of sp³-hybridized carbons (Fsp3) is 0.545. The highest BCUT2D eigenvalue weighted by Gasteiger charge is 2.01. The van der Waals surface area contributed by atoms with Crippen LogP contribution in [0.4, 0.5) is 0 Å². The molecule has 0 aliphatic rings. The fourth-order valence-corrected chi connectivity index (χ4v) is 0.872. The molecule has 0 aromatic heterocycles. The van der Waals surface area contributed by atoms with Gasteiger partial charge < -0.3 is 5.11 Å². The molecule has 0 atom stereocenters. The second-order valence-corrected chi connectivity index (χ2v) is 2.72. The molecule has 76 valence electrons. The lowest BCUT2D eigenvalue weighted by molar-refractivity contribution is -0.132. The normalized spacial score (nSPS) is 8.38. The lowest BCUT2D eigenvalue weighted by Crippen LogP contribution is -1.98. The van der Waals surface area contributed by atoms with E-state index in [2.05, 4.69) is 26.7 Å². The monoisotopic (exact) mass is 184 g/mol. The predicted octanol–water partition coefficient (Wildman–Crippen LogP) is 3.40. The van der Waals surface area contributed by atoms with Crippen molar-refractivity contribution in [3.8, 4) is 0 Å². The molecule has 0 aromatic carbocycles. The minimum atomic E-state index is -0.860. The minimum Gasteiger partial charge on any atom is -0.478 e. The fourth-order valence-electron chi connectivity index (χ4n) is 0.872. The average Bonchev–Trinajstić information content (AvgIpc) is 2.15. The molecule has 0 aliphatic heterocycles. The summed E-state index contributed by atoms with van der Waals surface area (Å²) < 4.78 is 0. The molecule has 0 amide bonds. The Bertz CT molecular complexity index is 150. The molecule has 13 heavy (non-hydrogen) atoms. The van der Waals surface area contributed by atoms with Crippen molar-refractivity contribution < 1.29 is 9.90 Å². The van der Waals surface area contributed by atoms with Crippen LogP contribution in [0, 0.1) is 0 Å². The van der Waals surface area contributed by atoms with Gasteiger partial charge in [-0.25, -0.2) is 4.79 Å². The largest absolute Gasteiger partial charge is 0.478 e. The van der Waals surface area contributed by atoms with Crippen molar-refractivity contribution in [2.75, 3.05) is 0 Å². The third-order valence-corrected chi connectivity index (χ3v) is 1.63. The molecule has 0 saturated carbocycles. The van der Waals surface area contributed by atoms with Gasteiger partial charge in [0, 0.05) is 5.57 Å². The second kappa shape index (κ2) is 11.0. The maximum Gasteiger partial charge on any atom is 0.330 e. The maximum atomic E-state index is 10.3. The number of unbranched alkanes of at least 4 members (excludes halogenated alkanes) is 3. The molecular weight excluding hydrogens is 164 g/mol. The lowest BCUT2D eigenvalue weighted by atomic mass is 10.1. The van der Waals surface area contributed by atoms with E-state index in [1.807, 2.05) is 0 Å². The van der Waals surface area contributed by atoms with E-state index in [9.17, 15) is 4.79 Å². The van der Waals surface area contributed by atoms with E-state index < -0.39 is 5.97 Å². The van der Waals surface area contributed by atoms with Gasteiger partial charge in [-0.3, -0.25) is 0 Å². The first-order chi connectivity index (χ1) is 6.18. The average molecular weight is 184 g/mol. The zero-order chi connectivity index (χ0) is 10.7. The van der Waals surface area contributed by atoms with Crippen molar-refractivity contribution in [3.05, 3.63) is 25.3 Å². The Morgan fingerprint density at radius 1 is 1.23 bits per heavy atom. The molecular formula is C11H20O2. The summed E-state index contributed by atoms with van der Waals surface area (Å²) in [7, 11) is 0. The first-order valence-electron chi connectivity index (χ1n) is 4.59. The molecule has 0 rings (SSSR count). The van der Waals surface area contributed by atoms with Crippen LogP contribution in [-0.4, -0.2) is 11.1 Å². The van der Waals surface area contributed by atoms with Gasteiger partial charge in [0.1, 0.15) is 0 Å². The Labute approximate surface area is 81.0 Å². The maximum absolute atomic E-state index is 10.3. The van der Waals surface area contributed by atoms with E-state index >= 15 is 0 Å². The third kappa shape index (κ3) is 10.9. The number of carboxylic acid groups (broad SMARTS) is 1. The van der Waals surface area contributed by atoms with E-state index in [4.69, 9.17) is 5.11 Å². The van der Waals surface area contributed by atoms with Crippen molar-refractivity contribution in [2.24, 2.45) is 0 Å². The molecule has 0 bridgehead atoms. The summed E-state index contributed by atoms with van der Waals surface area (Å²) in [6.07, 6.45) is 5.07. The van der Waals surface area contributed by atoms with Crippen LogP contribution in [-0.2, 0) is 4.79 Å². The zero-order valence-corrected chi connectivity index (χ0v) is 8.51. The lowest BCUT2D eigenvalue weighted by Gasteiger charge is -1.98. The molecule has 0 radical (unpaired) electrons. The number of carboxylic acids is 1. The van der Waals surface area contributed by atoms with E-state index in [0.29, 0.717) is 12.0 Å². The van der Waals surface area contributed by atoms with E-state index in [1.165, 1.54) is 12.8 Å². The number of hydrogen-bond acceptors (Lipinski definition) is 1. The van der Waals surface area contributed by atoms with Gasteiger partial charge in [-0.05, 0) is 12.8 Å². The molecule has 2 heteroatoms. The third-order valence-electron chi connectivity index (χ3n) is 1.63. The first kappa shape index (κ1) is 14.5. The Morgan fingerprint density at radius 2 is 1.77 bits per heavy atom. The molecule has 0 aliphatic carbocycles. The smallest absolute Gasteiger partial charge is 0.330 e. The van der Waals surface area contributed by atoms with Crippen LogP contribution in [0.15, 0.2) is 25.3 Å². The Hall–Kier alpha value is -1.05. The van der Waals surface area contributed by atoms with Gasteiger partial charge in [0.15, 0.2) is 0 Å². The van der Waals surface area contributed by atoms with Gasteiger partial charge in [0.05, 0.1) is 0 Å². The standard InChI is InChI=1S/C9H16O2.C2H4/c1-3-4-5-6-7-8(2)9(10)11;1-2/h2-7H2,1H3,(H,10,11);1-2H2. The topological polar surface area (TPSA) is 37.3 Å². The zero-order valence-electron chi connectivity index (χ0n) is 8.51. The van der Waals surface area contributed by atoms with E-state index in [0.717, 1.165) is 12.8 Å². The number of carbonyl (C=O) groups is 1. The SMILES string of the molecule is C=C.C=C(CCCCCC)C(=O)O. The molecule has 0 spiro atoms. The van der Waals surface area contributed by atoms with Gasteiger partial charge in [-0.15, -0.1) is 13.2 Å². The Kier molecular flexibility index (Phi) is 12.2. The van der Waals surface area contributed by atoms with Crippen LogP contribution in [0.3, 0.4) is 0 Å². The van der Waals surface area contributed by atoms with Crippen molar-refractivity contribution in [3.63, 3.8) is 0 Å². The molecule has 0 heterocycles.